The fourth-order valence-corrected chi connectivity index (χ4v) is 4.04. The van der Waals surface area contributed by atoms with Crippen molar-refractivity contribution >= 4 is 11.9 Å². The Bertz CT molecular complexity index is 815. The third-order valence-corrected chi connectivity index (χ3v) is 5.63. The lowest BCUT2D eigenvalue weighted by Gasteiger charge is -2.39. The number of likely N-dealkylation sites (tertiary alicyclic amines) is 1. The van der Waals surface area contributed by atoms with Gasteiger partial charge in [0.2, 0.25) is 0 Å². The zero-order valence-corrected chi connectivity index (χ0v) is 17.6. The Kier molecular flexibility index (Phi) is 7.33. The first kappa shape index (κ1) is 21.0. The minimum atomic E-state index is -0.159. The van der Waals surface area contributed by atoms with E-state index in [1.165, 1.54) is 11.8 Å². The van der Waals surface area contributed by atoms with Gasteiger partial charge in [-0.15, -0.1) is 0 Å². The highest BCUT2D eigenvalue weighted by molar-refractivity contribution is 5.92. The number of amides is 1. The topological polar surface area (TPSA) is 69.9 Å². The van der Waals surface area contributed by atoms with Crippen LogP contribution in [-0.2, 0) is 0 Å². The van der Waals surface area contributed by atoms with Gasteiger partial charge in [-0.1, -0.05) is 37.3 Å². The van der Waals surface area contributed by atoms with Crippen molar-refractivity contribution in [1.29, 1.82) is 0 Å². The van der Waals surface area contributed by atoms with Crippen molar-refractivity contribution in [2.45, 2.75) is 32.6 Å². The van der Waals surface area contributed by atoms with Crippen molar-refractivity contribution in [1.82, 2.24) is 15.5 Å². The summed E-state index contributed by atoms with van der Waals surface area (Å²) >= 11 is 0. The molecule has 1 fully saturated rings. The molecule has 1 aromatic carbocycles. The van der Waals surface area contributed by atoms with E-state index in [4.69, 9.17) is 4.42 Å². The summed E-state index contributed by atoms with van der Waals surface area (Å²) in [5, 5.41) is 6.34. The van der Waals surface area contributed by atoms with E-state index >= 15 is 0 Å². The summed E-state index contributed by atoms with van der Waals surface area (Å²) in [6.07, 6.45) is 3.49. The van der Waals surface area contributed by atoms with Gasteiger partial charge >= 0.3 is 0 Å². The number of hydrogen-bond acceptors (Lipinski definition) is 3. The number of rotatable bonds is 6. The van der Waals surface area contributed by atoms with Gasteiger partial charge in [0.05, 0.1) is 6.26 Å². The monoisotopic (exact) mass is 396 g/mol. The number of aliphatic imine (C=N–C) groups is 1. The van der Waals surface area contributed by atoms with Gasteiger partial charge < -0.3 is 20.0 Å². The van der Waals surface area contributed by atoms with Crippen molar-refractivity contribution < 1.29 is 9.21 Å². The number of hydrogen-bond donors (Lipinski definition) is 2. The third kappa shape index (κ3) is 5.40. The molecule has 6 nitrogen and oxygen atoms in total. The second-order valence-electron chi connectivity index (χ2n) is 7.75. The molecule has 0 bridgehead atoms. The van der Waals surface area contributed by atoms with E-state index in [0.29, 0.717) is 24.1 Å². The lowest BCUT2D eigenvalue weighted by molar-refractivity contribution is 0.0925. The number of carbonyl (C=O) groups excluding carboxylic acids is 1. The van der Waals surface area contributed by atoms with E-state index in [0.717, 1.165) is 44.0 Å². The molecular weight excluding hydrogens is 364 g/mol. The molecule has 2 heterocycles. The van der Waals surface area contributed by atoms with Crippen molar-refractivity contribution in [3.8, 4) is 0 Å². The maximum Gasteiger partial charge on any atom is 0.287 e. The van der Waals surface area contributed by atoms with Crippen molar-refractivity contribution in [2.24, 2.45) is 10.9 Å². The van der Waals surface area contributed by atoms with Crippen LogP contribution in [0.1, 0.15) is 47.4 Å². The molecule has 29 heavy (non-hydrogen) atoms. The first-order chi connectivity index (χ1) is 14.1. The Balaban J connectivity index is 1.40. The van der Waals surface area contributed by atoms with Gasteiger partial charge in [-0.05, 0) is 43.2 Å². The van der Waals surface area contributed by atoms with Crippen LogP contribution in [0.4, 0.5) is 0 Å². The van der Waals surface area contributed by atoms with E-state index in [9.17, 15) is 4.79 Å². The molecule has 6 heteroatoms. The van der Waals surface area contributed by atoms with Gasteiger partial charge in [0, 0.05) is 38.8 Å². The molecule has 0 spiro atoms. The molecule has 1 aromatic heterocycles. The van der Waals surface area contributed by atoms with Gasteiger partial charge in [-0.3, -0.25) is 9.79 Å². The van der Waals surface area contributed by atoms with Crippen LogP contribution < -0.4 is 10.6 Å². The number of furan rings is 1. The van der Waals surface area contributed by atoms with Crippen LogP contribution in [0.3, 0.4) is 0 Å². The number of benzene rings is 1. The fraction of sp³-hybridized carbons (Fsp3) is 0.478. The lowest BCUT2D eigenvalue weighted by atomic mass is 9.82. The maximum absolute atomic E-state index is 12.1. The van der Waals surface area contributed by atoms with E-state index in [2.05, 4.69) is 57.8 Å². The zero-order chi connectivity index (χ0) is 20.6. The number of piperidine rings is 1. The van der Waals surface area contributed by atoms with E-state index in [-0.39, 0.29) is 5.91 Å². The maximum atomic E-state index is 12.1. The smallest absolute Gasteiger partial charge is 0.287 e. The number of carbonyl (C=O) groups is 1. The summed E-state index contributed by atoms with van der Waals surface area (Å²) in [5.41, 5.74) is 2.29. The Hall–Kier alpha value is -2.76. The van der Waals surface area contributed by atoms with E-state index in [1.54, 1.807) is 6.07 Å². The summed E-state index contributed by atoms with van der Waals surface area (Å²) in [6, 6.07) is 12.6. The van der Waals surface area contributed by atoms with Gasteiger partial charge in [0.25, 0.3) is 5.91 Å². The Labute approximate surface area is 173 Å². The third-order valence-electron chi connectivity index (χ3n) is 5.63. The quantitative estimate of drug-likeness (QED) is 0.446. The number of nitrogens with one attached hydrogen (secondary N) is 2. The largest absolute Gasteiger partial charge is 0.459 e. The average molecular weight is 397 g/mol. The van der Waals surface area contributed by atoms with E-state index in [1.807, 2.05) is 14.0 Å². The van der Waals surface area contributed by atoms with Crippen LogP contribution in [-0.4, -0.2) is 50.0 Å². The highest BCUT2D eigenvalue weighted by Crippen LogP contribution is 2.32. The predicted molar refractivity (Wildman–Crippen MR) is 116 cm³/mol. The Morgan fingerprint density at radius 2 is 1.97 bits per heavy atom. The molecule has 2 unspecified atom stereocenters. The van der Waals surface area contributed by atoms with Gasteiger partial charge in [0.1, 0.15) is 0 Å². The first-order valence-electron chi connectivity index (χ1n) is 10.4. The molecule has 2 aromatic rings. The molecule has 3 rings (SSSR count). The van der Waals surface area contributed by atoms with Gasteiger partial charge in [-0.25, -0.2) is 0 Å². The van der Waals surface area contributed by atoms with Crippen LogP contribution in [0, 0.1) is 12.8 Å². The average Bonchev–Trinajstić information content (AvgIpc) is 3.17. The summed E-state index contributed by atoms with van der Waals surface area (Å²) in [4.78, 5) is 18.9. The van der Waals surface area contributed by atoms with Crippen LogP contribution in [0.2, 0.25) is 0 Å². The normalized spacial score (nSPS) is 19.8. The minimum absolute atomic E-state index is 0.159. The lowest BCUT2D eigenvalue weighted by Crippen LogP contribution is -2.48. The van der Waals surface area contributed by atoms with Crippen molar-refractivity contribution in [3.63, 3.8) is 0 Å². The molecule has 1 amide bonds. The van der Waals surface area contributed by atoms with Crippen LogP contribution >= 0.6 is 0 Å². The van der Waals surface area contributed by atoms with Crippen LogP contribution in [0.5, 0.6) is 0 Å². The molecule has 0 saturated carbocycles. The summed E-state index contributed by atoms with van der Waals surface area (Å²) in [7, 11) is 1.83. The first-order valence-corrected chi connectivity index (χ1v) is 10.4. The summed E-state index contributed by atoms with van der Waals surface area (Å²) < 4.78 is 5.22. The van der Waals surface area contributed by atoms with Gasteiger partial charge in [-0.2, -0.15) is 0 Å². The van der Waals surface area contributed by atoms with Crippen molar-refractivity contribution in [2.75, 3.05) is 33.2 Å². The highest BCUT2D eigenvalue weighted by atomic mass is 16.3. The molecule has 1 saturated heterocycles. The molecule has 0 radical (unpaired) electrons. The molecule has 156 valence electrons. The van der Waals surface area contributed by atoms with Crippen LogP contribution in [0.25, 0.3) is 0 Å². The molecule has 2 atom stereocenters. The SMILES string of the molecule is CN=C(NCCCNC(=O)c1occc1C)N1CCC(c2ccccc2)C(C)C1. The Morgan fingerprint density at radius 3 is 2.62 bits per heavy atom. The van der Waals surface area contributed by atoms with Crippen LogP contribution in [0.15, 0.2) is 52.1 Å². The van der Waals surface area contributed by atoms with E-state index < -0.39 is 0 Å². The second-order valence-corrected chi connectivity index (χ2v) is 7.75. The molecule has 1 aliphatic rings. The molecule has 2 N–H and O–H groups in total. The summed E-state index contributed by atoms with van der Waals surface area (Å²) in [6.45, 7) is 7.54. The molecule has 0 aliphatic carbocycles. The second kappa shape index (κ2) is 10.1. The number of aryl methyl sites for hydroxylation is 1. The highest BCUT2D eigenvalue weighted by Gasteiger charge is 2.28. The fourth-order valence-electron chi connectivity index (χ4n) is 4.04. The number of nitrogens with zero attached hydrogens (tertiary/aromatic N) is 2. The molecule has 1 aliphatic heterocycles. The zero-order valence-electron chi connectivity index (χ0n) is 17.6. The minimum Gasteiger partial charge on any atom is -0.459 e. The molecular formula is C23H32N4O2. The van der Waals surface area contributed by atoms with Crippen molar-refractivity contribution in [3.05, 3.63) is 59.5 Å². The number of guanidine groups is 1. The standard InChI is InChI=1S/C23H32N4O2/c1-17-11-15-29-21(17)22(28)25-12-7-13-26-23(24-3)27-14-10-20(18(2)16-27)19-8-5-4-6-9-19/h4-6,8-9,11,15,18,20H,7,10,12-14,16H2,1-3H3,(H,24,26)(H,25,28). The summed E-state index contributed by atoms with van der Waals surface area (Å²) in [5.74, 6) is 2.35. The Morgan fingerprint density at radius 1 is 1.21 bits per heavy atom. The van der Waals surface area contributed by atoms with Gasteiger partial charge in [0.15, 0.2) is 11.7 Å². The predicted octanol–water partition coefficient (Wildman–Crippen LogP) is 3.41.